The number of rotatable bonds is 3. The maximum absolute atomic E-state index is 11.6. The predicted octanol–water partition coefficient (Wildman–Crippen LogP) is 1.43. The Hall–Kier alpha value is -1.17. The summed E-state index contributed by atoms with van der Waals surface area (Å²) in [6.45, 7) is 0.748. The molecule has 6 heteroatoms. The van der Waals surface area contributed by atoms with Crippen LogP contribution in [0, 0.1) is 5.92 Å². The van der Waals surface area contributed by atoms with Gasteiger partial charge < -0.3 is 11.1 Å². The van der Waals surface area contributed by atoms with Gasteiger partial charge in [-0.3, -0.25) is 4.79 Å². The molecule has 88 valence electrons. The SMILES string of the molecule is Nc1nnc(C(=O)NCC2CCCCC2)s1. The highest BCUT2D eigenvalue weighted by atomic mass is 32.1. The quantitative estimate of drug-likeness (QED) is 0.837. The van der Waals surface area contributed by atoms with Crippen LogP contribution in [0.2, 0.25) is 0 Å². The van der Waals surface area contributed by atoms with E-state index in [4.69, 9.17) is 5.73 Å². The van der Waals surface area contributed by atoms with Crippen LogP contribution in [0.5, 0.6) is 0 Å². The normalized spacial score (nSPS) is 17.2. The molecule has 16 heavy (non-hydrogen) atoms. The lowest BCUT2D eigenvalue weighted by Gasteiger charge is -2.21. The molecular formula is C10H16N4OS. The first kappa shape index (κ1) is 11.3. The summed E-state index contributed by atoms with van der Waals surface area (Å²) >= 11 is 1.13. The summed E-state index contributed by atoms with van der Waals surface area (Å²) in [6.07, 6.45) is 6.34. The zero-order valence-corrected chi connectivity index (χ0v) is 9.92. The third-order valence-electron chi connectivity index (χ3n) is 2.91. The highest BCUT2D eigenvalue weighted by molar-refractivity contribution is 7.16. The summed E-state index contributed by atoms with van der Waals surface area (Å²) in [6, 6.07) is 0. The van der Waals surface area contributed by atoms with Crippen molar-refractivity contribution < 1.29 is 4.79 Å². The molecule has 1 aliphatic carbocycles. The molecule has 3 N–H and O–H groups in total. The smallest absolute Gasteiger partial charge is 0.282 e. The average Bonchev–Trinajstić information content (AvgIpc) is 2.74. The third kappa shape index (κ3) is 2.91. The molecule has 0 aromatic carbocycles. The topological polar surface area (TPSA) is 80.9 Å². The van der Waals surface area contributed by atoms with Gasteiger partial charge in [-0.15, -0.1) is 10.2 Å². The molecule has 1 heterocycles. The molecule has 0 atom stereocenters. The van der Waals surface area contributed by atoms with Crippen LogP contribution in [0.4, 0.5) is 5.13 Å². The molecular weight excluding hydrogens is 224 g/mol. The van der Waals surface area contributed by atoms with E-state index in [0.29, 0.717) is 16.1 Å². The highest BCUT2D eigenvalue weighted by Crippen LogP contribution is 2.22. The zero-order valence-electron chi connectivity index (χ0n) is 9.11. The minimum atomic E-state index is -0.153. The summed E-state index contributed by atoms with van der Waals surface area (Å²) in [5.74, 6) is 0.475. The van der Waals surface area contributed by atoms with Crippen LogP contribution in [0.1, 0.15) is 41.9 Å². The Balaban J connectivity index is 1.79. The molecule has 0 aliphatic heterocycles. The second-order valence-corrected chi connectivity index (χ2v) is 5.17. The number of carbonyl (C=O) groups is 1. The number of aromatic nitrogens is 2. The Labute approximate surface area is 98.4 Å². The number of hydrogen-bond donors (Lipinski definition) is 2. The molecule has 1 saturated carbocycles. The summed E-state index contributed by atoms with van der Waals surface area (Å²) in [4.78, 5) is 11.6. The maximum Gasteiger partial charge on any atom is 0.282 e. The van der Waals surface area contributed by atoms with Crippen molar-refractivity contribution in [2.75, 3.05) is 12.3 Å². The van der Waals surface area contributed by atoms with Gasteiger partial charge in [0.2, 0.25) is 10.1 Å². The molecule has 1 fully saturated rings. The molecule has 5 nitrogen and oxygen atoms in total. The fourth-order valence-electron chi connectivity index (χ4n) is 2.03. The lowest BCUT2D eigenvalue weighted by Crippen LogP contribution is -2.30. The Morgan fingerprint density at radius 2 is 2.12 bits per heavy atom. The van der Waals surface area contributed by atoms with Gasteiger partial charge in [0.15, 0.2) is 0 Å². The van der Waals surface area contributed by atoms with Crippen molar-refractivity contribution in [3.8, 4) is 0 Å². The Bertz CT molecular complexity index is 359. The van der Waals surface area contributed by atoms with Crippen molar-refractivity contribution in [3.63, 3.8) is 0 Å². The van der Waals surface area contributed by atoms with Crippen LogP contribution in [-0.4, -0.2) is 22.6 Å². The Kier molecular flexibility index (Phi) is 3.71. The molecule has 1 aromatic rings. The Morgan fingerprint density at radius 1 is 1.38 bits per heavy atom. The zero-order chi connectivity index (χ0) is 11.4. The van der Waals surface area contributed by atoms with Gasteiger partial charge in [-0.1, -0.05) is 30.6 Å². The number of nitrogens with two attached hydrogens (primary N) is 1. The first-order valence-corrected chi connectivity index (χ1v) is 6.44. The summed E-state index contributed by atoms with van der Waals surface area (Å²) in [7, 11) is 0. The molecule has 1 aromatic heterocycles. The van der Waals surface area contributed by atoms with Crippen LogP contribution in [0.25, 0.3) is 0 Å². The number of nitrogens with zero attached hydrogens (tertiary/aromatic N) is 2. The van der Waals surface area contributed by atoms with Gasteiger partial charge in [0.05, 0.1) is 0 Å². The van der Waals surface area contributed by atoms with Crippen molar-refractivity contribution in [2.45, 2.75) is 32.1 Å². The average molecular weight is 240 g/mol. The minimum Gasteiger partial charge on any atom is -0.374 e. The fourth-order valence-corrected chi connectivity index (χ4v) is 2.56. The first-order chi connectivity index (χ1) is 7.75. The lowest BCUT2D eigenvalue weighted by molar-refractivity contribution is 0.0942. The second-order valence-electron chi connectivity index (χ2n) is 4.16. The van der Waals surface area contributed by atoms with Crippen LogP contribution < -0.4 is 11.1 Å². The molecule has 0 unspecified atom stereocenters. The number of amides is 1. The van der Waals surface area contributed by atoms with Crippen molar-refractivity contribution in [2.24, 2.45) is 5.92 Å². The minimum absolute atomic E-state index is 0.153. The van der Waals surface area contributed by atoms with Gasteiger partial charge in [-0.05, 0) is 18.8 Å². The fraction of sp³-hybridized carbons (Fsp3) is 0.700. The monoisotopic (exact) mass is 240 g/mol. The van der Waals surface area contributed by atoms with E-state index < -0.39 is 0 Å². The number of nitrogens with one attached hydrogen (secondary N) is 1. The number of nitrogen functional groups attached to an aromatic ring is 1. The lowest BCUT2D eigenvalue weighted by atomic mass is 9.89. The van der Waals surface area contributed by atoms with E-state index in [9.17, 15) is 4.79 Å². The van der Waals surface area contributed by atoms with E-state index in [2.05, 4.69) is 15.5 Å². The van der Waals surface area contributed by atoms with Gasteiger partial charge in [0.25, 0.3) is 5.91 Å². The predicted molar refractivity (Wildman–Crippen MR) is 63.2 cm³/mol. The molecule has 1 amide bonds. The van der Waals surface area contributed by atoms with Crippen LogP contribution in [0.3, 0.4) is 0 Å². The van der Waals surface area contributed by atoms with E-state index >= 15 is 0 Å². The van der Waals surface area contributed by atoms with Crippen LogP contribution >= 0.6 is 11.3 Å². The van der Waals surface area contributed by atoms with Crippen LogP contribution in [-0.2, 0) is 0 Å². The van der Waals surface area contributed by atoms with E-state index in [1.165, 1.54) is 32.1 Å². The molecule has 0 radical (unpaired) electrons. The first-order valence-electron chi connectivity index (χ1n) is 5.63. The van der Waals surface area contributed by atoms with Crippen molar-refractivity contribution >= 4 is 22.4 Å². The summed E-state index contributed by atoms with van der Waals surface area (Å²) in [5, 5.41) is 10.9. The van der Waals surface area contributed by atoms with E-state index in [-0.39, 0.29) is 5.91 Å². The van der Waals surface area contributed by atoms with Crippen LogP contribution in [0.15, 0.2) is 0 Å². The van der Waals surface area contributed by atoms with E-state index in [1.807, 2.05) is 0 Å². The van der Waals surface area contributed by atoms with Gasteiger partial charge in [-0.25, -0.2) is 0 Å². The van der Waals surface area contributed by atoms with Gasteiger partial charge in [0.1, 0.15) is 0 Å². The van der Waals surface area contributed by atoms with E-state index in [0.717, 1.165) is 17.9 Å². The molecule has 0 spiro atoms. The van der Waals surface area contributed by atoms with Gasteiger partial charge in [-0.2, -0.15) is 0 Å². The molecule has 0 saturated heterocycles. The number of anilines is 1. The largest absolute Gasteiger partial charge is 0.374 e. The number of hydrogen-bond acceptors (Lipinski definition) is 5. The third-order valence-corrected chi connectivity index (χ3v) is 3.66. The number of carbonyl (C=O) groups excluding carboxylic acids is 1. The standard InChI is InChI=1S/C10H16N4OS/c11-10-14-13-9(16-10)8(15)12-6-7-4-2-1-3-5-7/h7H,1-6H2,(H2,11,14)(H,12,15). The maximum atomic E-state index is 11.6. The summed E-state index contributed by atoms with van der Waals surface area (Å²) < 4.78 is 0. The Morgan fingerprint density at radius 3 is 2.75 bits per heavy atom. The molecule has 0 bridgehead atoms. The van der Waals surface area contributed by atoms with Gasteiger partial charge >= 0.3 is 0 Å². The van der Waals surface area contributed by atoms with Gasteiger partial charge in [0, 0.05) is 6.54 Å². The molecule has 2 rings (SSSR count). The summed E-state index contributed by atoms with van der Waals surface area (Å²) in [5.41, 5.74) is 5.42. The van der Waals surface area contributed by atoms with Crippen molar-refractivity contribution in [1.82, 2.24) is 15.5 Å². The molecule has 1 aliphatic rings. The van der Waals surface area contributed by atoms with Crippen molar-refractivity contribution in [1.29, 1.82) is 0 Å². The second kappa shape index (κ2) is 5.25. The van der Waals surface area contributed by atoms with Crippen molar-refractivity contribution in [3.05, 3.63) is 5.01 Å². The van der Waals surface area contributed by atoms with E-state index in [1.54, 1.807) is 0 Å². The highest BCUT2D eigenvalue weighted by Gasteiger charge is 2.16.